The molecule has 3 aliphatic rings. The van der Waals surface area contributed by atoms with E-state index in [1.165, 1.54) is 13.8 Å². The van der Waals surface area contributed by atoms with E-state index in [1.807, 2.05) is 0 Å². The highest BCUT2D eigenvalue weighted by atomic mass is 16.6. The second-order valence-electron chi connectivity index (χ2n) is 7.36. The van der Waals surface area contributed by atoms with Crippen molar-refractivity contribution in [2.24, 2.45) is 23.7 Å². The Morgan fingerprint density at radius 3 is 2.50 bits per heavy atom. The van der Waals surface area contributed by atoms with E-state index in [4.69, 9.17) is 14.2 Å². The second-order valence-corrected chi connectivity index (χ2v) is 7.36. The van der Waals surface area contributed by atoms with Crippen LogP contribution in [0.2, 0.25) is 0 Å². The highest BCUT2D eigenvalue weighted by molar-refractivity contribution is 5.91. The van der Waals surface area contributed by atoms with Crippen LogP contribution in [-0.2, 0) is 28.6 Å². The van der Waals surface area contributed by atoms with Gasteiger partial charge < -0.3 is 19.3 Å². The molecule has 0 radical (unpaired) electrons. The minimum atomic E-state index is -0.797. The molecule has 1 saturated heterocycles. The molecule has 26 heavy (non-hydrogen) atoms. The monoisotopic (exact) mass is 364 g/mol. The molecule has 0 bridgehead atoms. The first-order chi connectivity index (χ1) is 12.2. The zero-order chi connectivity index (χ0) is 19.2. The molecule has 0 aromatic heterocycles. The molecule has 3 fully saturated rings. The van der Waals surface area contributed by atoms with Gasteiger partial charge in [0.25, 0.3) is 0 Å². The fraction of sp³-hybridized carbons (Fsp3) is 0.632. The van der Waals surface area contributed by atoms with Crippen LogP contribution in [0.15, 0.2) is 24.3 Å². The predicted molar refractivity (Wildman–Crippen MR) is 89.5 cm³/mol. The lowest BCUT2D eigenvalue weighted by Gasteiger charge is -2.30. The molecule has 1 aliphatic heterocycles. The Bertz CT molecular complexity index is 667. The highest BCUT2D eigenvalue weighted by Gasteiger charge is 2.58. The van der Waals surface area contributed by atoms with Crippen molar-refractivity contribution in [2.75, 3.05) is 6.61 Å². The highest BCUT2D eigenvalue weighted by Crippen LogP contribution is 2.53. The van der Waals surface area contributed by atoms with Crippen molar-refractivity contribution in [3.8, 4) is 0 Å². The molecule has 0 aromatic carbocycles. The molecule has 3 rings (SSSR count). The van der Waals surface area contributed by atoms with Crippen LogP contribution in [0.1, 0.15) is 26.7 Å². The quantitative estimate of drug-likeness (QED) is 0.347. The van der Waals surface area contributed by atoms with Gasteiger partial charge in [-0.2, -0.15) is 0 Å². The van der Waals surface area contributed by atoms with E-state index in [9.17, 15) is 19.5 Å². The van der Waals surface area contributed by atoms with E-state index in [0.717, 1.165) is 0 Å². The topological polar surface area (TPSA) is 99.1 Å². The molecule has 1 N–H and O–H groups in total. The van der Waals surface area contributed by atoms with Crippen LogP contribution in [0.5, 0.6) is 0 Å². The van der Waals surface area contributed by atoms with Crippen LogP contribution in [0.25, 0.3) is 0 Å². The summed E-state index contributed by atoms with van der Waals surface area (Å²) in [7, 11) is 0. The van der Waals surface area contributed by atoms with Crippen molar-refractivity contribution in [1.29, 1.82) is 0 Å². The van der Waals surface area contributed by atoms with E-state index in [-0.39, 0.29) is 30.3 Å². The summed E-state index contributed by atoms with van der Waals surface area (Å²) < 4.78 is 16.3. The number of aliphatic hydroxyl groups excluding tert-OH is 1. The maximum absolute atomic E-state index is 12.1. The molecule has 7 nitrogen and oxygen atoms in total. The van der Waals surface area contributed by atoms with E-state index in [2.05, 4.69) is 13.2 Å². The zero-order valence-electron chi connectivity index (χ0n) is 15.0. The fourth-order valence-electron chi connectivity index (χ4n) is 4.67. The van der Waals surface area contributed by atoms with Crippen LogP contribution in [0, 0.1) is 23.7 Å². The third-order valence-electron chi connectivity index (χ3n) is 5.83. The Kier molecular flexibility index (Phi) is 4.92. The Morgan fingerprint density at radius 1 is 1.19 bits per heavy atom. The molecule has 142 valence electrons. The molecule has 1 heterocycles. The van der Waals surface area contributed by atoms with Crippen LogP contribution in [0.3, 0.4) is 0 Å². The molecule has 0 spiro atoms. The molecule has 0 aromatic rings. The van der Waals surface area contributed by atoms with Gasteiger partial charge in [-0.1, -0.05) is 13.2 Å². The van der Waals surface area contributed by atoms with Crippen LogP contribution >= 0.6 is 0 Å². The van der Waals surface area contributed by atoms with Crippen molar-refractivity contribution in [1.82, 2.24) is 0 Å². The normalized spacial score (nSPS) is 38.9. The summed E-state index contributed by atoms with van der Waals surface area (Å²) in [4.78, 5) is 34.9. The van der Waals surface area contributed by atoms with Gasteiger partial charge in [-0.25, -0.2) is 4.79 Å². The van der Waals surface area contributed by atoms with Crippen molar-refractivity contribution < 1.29 is 33.7 Å². The molecule has 7 heteroatoms. The van der Waals surface area contributed by atoms with Gasteiger partial charge in [0.1, 0.15) is 12.2 Å². The van der Waals surface area contributed by atoms with Gasteiger partial charge in [-0.15, -0.1) is 0 Å². The third-order valence-corrected chi connectivity index (χ3v) is 5.83. The van der Waals surface area contributed by atoms with Crippen LogP contribution < -0.4 is 0 Å². The first kappa shape index (κ1) is 18.6. The average molecular weight is 364 g/mol. The number of rotatable bonds is 3. The molecule has 2 aliphatic carbocycles. The summed E-state index contributed by atoms with van der Waals surface area (Å²) in [6.07, 6.45) is -1.04. The van der Waals surface area contributed by atoms with E-state index >= 15 is 0 Å². The van der Waals surface area contributed by atoms with Crippen LogP contribution in [-0.4, -0.2) is 47.9 Å². The molecule has 7 atom stereocenters. The van der Waals surface area contributed by atoms with Crippen molar-refractivity contribution in [3.63, 3.8) is 0 Å². The summed E-state index contributed by atoms with van der Waals surface area (Å²) in [5.41, 5.74) is 0.973. The summed E-state index contributed by atoms with van der Waals surface area (Å²) in [6.45, 7) is 10.5. The van der Waals surface area contributed by atoms with E-state index < -0.39 is 36.2 Å². The Labute approximate surface area is 152 Å². The number of hydrogen-bond donors (Lipinski definition) is 1. The summed E-state index contributed by atoms with van der Waals surface area (Å²) in [6, 6.07) is 0. The minimum Gasteiger partial charge on any atom is -0.465 e. The fourth-order valence-corrected chi connectivity index (χ4v) is 4.67. The Balaban J connectivity index is 1.98. The molecular weight excluding hydrogens is 340 g/mol. The Morgan fingerprint density at radius 2 is 1.88 bits per heavy atom. The number of esters is 3. The number of carbonyl (C=O) groups excluding carboxylic acids is 3. The largest absolute Gasteiger partial charge is 0.465 e. The lowest BCUT2D eigenvalue weighted by molar-refractivity contribution is -0.155. The number of aliphatic hydroxyl groups is 1. The lowest BCUT2D eigenvalue weighted by Crippen LogP contribution is -2.37. The lowest BCUT2D eigenvalue weighted by atomic mass is 9.79. The number of hydrogen-bond acceptors (Lipinski definition) is 7. The van der Waals surface area contributed by atoms with Crippen molar-refractivity contribution >= 4 is 17.9 Å². The van der Waals surface area contributed by atoms with Gasteiger partial charge in [0.05, 0.1) is 12.7 Å². The maximum Gasteiger partial charge on any atom is 0.334 e. The van der Waals surface area contributed by atoms with Crippen molar-refractivity contribution in [3.05, 3.63) is 24.3 Å². The average Bonchev–Trinajstić information content (AvgIpc) is 3.00. The zero-order valence-corrected chi connectivity index (χ0v) is 15.0. The summed E-state index contributed by atoms with van der Waals surface area (Å²) >= 11 is 0. The standard InChI is InChI=1S/C19H24O7/c1-8-12-6-16(25-11(4)21)14(7-24-10(3)20)17(12)18-13(5-15(8)22)9(2)19(23)26-18/h12-18,22H,1-2,5-7H2,3-4H3/t12-,13-,14+,15-,16-,17+,18-/m0/s1. The Hall–Kier alpha value is -2.15. The third kappa shape index (κ3) is 3.16. The number of carbonyl (C=O) groups is 3. The molecule has 0 unspecified atom stereocenters. The van der Waals surface area contributed by atoms with Crippen molar-refractivity contribution in [2.45, 2.75) is 45.0 Å². The molecule has 0 amide bonds. The van der Waals surface area contributed by atoms with E-state index in [1.54, 1.807) is 0 Å². The summed E-state index contributed by atoms with van der Waals surface area (Å²) in [5, 5.41) is 10.5. The van der Waals surface area contributed by atoms with Gasteiger partial charge in [0.2, 0.25) is 0 Å². The number of ether oxygens (including phenoxy) is 3. The number of fused-ring (bicyclic) bond motifs is 3. The maximum atomic E-state index is 12.1. The smallest absolute Gasteiger partial charge is 0.334 e. The first-order valence-corrected chi connectivity index (χ1v) is 8.77. The summed E-state index contributed by atoms with van der Waals surface area (Å²) in [5.74, 6) is -2.50. The first-order valence-electron chi connectivity index (χ1n) is 8.77. The van der Waals surface area contributed by atoms with Gasteiger partial charge in [0, 0.05) is 37.2 Å². The predicted octanol–water partition coefficient (Wildman–Crippen LogP) is 1.15. The minimum absolute atomic E-state index is 0.0467. The van der Waals surface area contributed by atoms with Gasteiger partial charge >= 0.3 is 17.9 Å². The van der Waals surface area contributed by atoms with Gasteiger partial charge in [0.15, 0.2) is 0 Å². The van der Waals surface area contributed by atoms with Gasteiger partial charge in [-0.3, -0.25) is 9.59 Å². The van der Waals surface area contributed by atoms with Crippen LogP contribution in [0.4, 0.5) is 0 Å². The molecule has 2 saturated carbocycles. The van der Waals surface area contributed by atoms with Gasteiger partial charge in [-0.05, 0) is 24.3 Å². The SMILES string of the molecule is C=C1C(=O)O[C@@H]2[C@H]3[C@H](COC(C)=O)[C@@H](OC(C)=O)C[C@H]3C(=C)[C@@H](O)C[C@@H]12. The second kappa shape index (κ2) is 6.87. The molecular formula is C19H24O7. The van der Waals surface area contributed by atoms with E-state index in [0.29, 0.717) is 24.0 Å².